The fourth-order valence-corrected chi connectivity index (χ4v) is 2.45. The summed E-state index contributed by atoms with van der Waals surface area (Å²) in [5.41, 5.74) is 0.656. The van der Waals surface area contributed by atoms with Crippen molar-refractivity contribution in [2.45, 2.75) is 49.8 Å². The molecule has 1 aromatic rings. The molecule has 15 heavy (non-hydrogen) atoms. The zero-order valence-corrected chi connectivity index (χ0v) is 9.93. The fraction of sp³-hybridized carbons (Fsp3) is 0.727. The third-order valence-electron chi connectivity index (χ3n) is 3.30. The van der Waals surface area contributed by atoms with Crippen LogP contribution in [0, 0.1) is 5.92 Å². The highest BCUT2D eigenvalue weighted by molar-refractivity contribution is 7.80. The predicted octanol–water partition coefficient (Wildman–Crippen LogP) is 2.18. The molecule has 0 unspecified atom stereocenters. The largest absolute Gasteiger partial charge is 0.390 e. The standard InChI is InChI=1S/C11H18N2OS/c1-11(14)4-2-8(3-5-11)6-9-7-12-10(15)13-9/h7-8,14H,2-6H2,1H3,(H2,12,13,15). The van der Waals surface area contributed by atoms with Crippen molar-refractivity contribution in [2.75, 3.05) is 0 Å². The molecular formula is C11H18N2OS. The van der Waals surface area contributed by atoms with Gasteiger partial charge in [-0.15, -0.1) is 12.6 Å². The summed E-state index contributed by atoms with van der Waals surface area (Å²) < 4.78 is 0. The Hall–Kier alpha value is -0.480. The number of H-pyrrole nitrogens is 1. The maximum atomic E-state index is 9.83. The van der Waals surface area contributed by atoms with Gasteiger partial charge in [0, 0.05) is 6.20 Å². The molecule has 3 nitrogen and oxygen atoms in total. The summed E-state index contributed by atoms with van der Waals surface area (Å²) in [5.74, 6) is 0.668. The average molecular weight is 226 g/mol. The Balaban J connectivity index is 1.87. The zero-order valence-electron chi connectivity index (χ0n) is 9.03. The van der Waals surface area contributed by atoms with Crippen molar-refractivity contribution in [2.24, 2.45) is 5.92 Å². The van der Waals surface area contributed by atoms with Gasteiger partial charge in [0.05, 0.1) is 11.3 Å². The van der Waals surface area contributed by atoms with E-state index in [1.165, 1.54) is 0 Å². The molecule has 0 radical (unpaired) electrons. The average Bonchev–Trinajstić information content (AvgIpc) is 2.55. The van der Waals surface area contributed by atoms with Gasteiger partial charge < -0.3 is 10.1 Å². The molecule has 0 saturated heterocycles. The van der Waals surface area contributed by atoms with Crippen molar-refractivity contribution in [1.82, 2.24) is 9.97 Å². The van der Waals surface area contributed by atoms with Crippen molar-refractivity contribution >= 4 is 12.6 Å². The van der Waals surface area contributed by atoms with Crippen molar-refractivity contribution in [3.63, 3.8) is 0 Å². The van der Waals surface area contributed by atoms with E-state index in [0.717, 1.165) is 37.8 Å². The lowest BCUT2D eigenvalue weighted by atomic mass is 9.78. The van der Waals surface area contributed by atoms with E-state index in [9.17, 15) is 5.11 Å². The third kappa shape index (κ3) is 2.98. The molecule has 0 spiro atoms. The van der Waals surface area contributed by atoms with Crippen LogP contribution in [0.2, 0.25) is 0 Å². The molecule has 4 heteroatoms. The number of aromatic amines is 1. The number of rotatable bonds is 2. The first-order valence-corrected chi connectivity index (χ1v) is 5.95. The van der Waals surface area contributed by atoms with Crippen LogP contribution in [0.4, 0.5) is 0 Å². The number of nitrogens with one attached hydrogen (secondary N) is 1. The molecule has 0 amide bonds. The molecule has 0 atom stereocenters. The first-order valence-electron chi connectivity index (χ1n) is 5.51. The van der Waals surface area contributed by atoms with Gasteiger partial charge in [-0.05, 0) is 44.9 Å². The Morgan fingerprint density at radius 2 is 2.27 bits per heavy atom. The second-order valence-corrected chi connectivity index (χ2v) is 5.28. The molecule has 2 rings (SSSR count). The van der Waals surface area contributed by atoms with Gasteiger partial charge in [0.15, 0.2) is 5.16 Å². The number of hydrogen-bond donors (Lipinski definition) is 3. The van der Waals surface area contributed by atoms with Gasteiger partial charge in [-0.25, -0.2) is 4.98 Å². The maximum absolute atomic E-state index is 9.83. The van der Waals surface area contributed by atoms with Gasteiger partial charge in [0.25, 0.3) is 0 Å². The van der Waals surface area contributed by atoms with Gasteiger partial charge in [-0.2, -0.15) is 0 Å². The second-order valence-electron chi connectivity index (χ2n) is 4.86. The molecule has 1 aromatic heterocycles. The van der Waals surface area contributed by atoms with Crippen LogP contribution in [-0.2, 0) is 6.42 Å². The van der Waals surface area contributed by atoms with Crippen LogP contribution in [-0.4, -0.2) is 20.7 Å². The highest BCUT2D eigenvalue weighted by Crippen LogP contribution is 2.33. The van der Waals surface area contributed by atoms with E-state index in [1.54, 1.807) is 0 Å². The van der Waals surface area contributed by atoms with Crippen LogP contribution in [0.25, 0.3) is 0 Å². The van der Waals surface area contributed by atoms with Gasteiger partial charge >= 0.3 is 0 Å². The number of imidazole rings is 1. The number of aliphatic hydroxyl groups is 1. The normalized spacial score (nSPS) is 31.8. The van der Waals surface area contributed by atoms with Gasteiger partial charge in [-0.3, -0.25) is 0 Å². The number of hydrogen-bond acceptors (Lipinski definition) is 3. The molecule has 0 aliphatic heterocycles. The van der Waals surface area contributed by atoms with Gasteiger partial charge in [-0.1, -0.05) is 0 Å². The summed E-state index contributed by atoms with van der Waals surface area (Å²) in [5, 5.41) is 10.5. The predicted molar refractivity (Wildman–Crippen MR) is 62.1 cm³/mol. The monoisotopic (exact) mass is 226 g/mol. The molecular weight excluding hydrogens is 208 g/mol. The van der Waals surface area contributed by atoms with Crippen LogP contribution in [0.15, 0.2) is 11.4 Å². The first-order chi connectivity index (χ1) is 7.05. The van der Waals surface area contributed by atoms with E-state index in [-0.39, 0.29) is 0 Å². The molecule has 1 heterocycles. The Morgan fingerprint density at radius 1 is 1.60 bits per heavy atom. The van der Waals surface area contributed by atoms with Crippen molar-refractivity contribution in [1.29, 1.82) is 0 Å². The lowest BCUT2D eigenvalue weighted by molar-refractivity contribution is 0.00801. The minimum Gasteiger partial charge on any atom is -0.390 e. The first kappa shape index (κ1) is 11.0. The Morgan fingerprint density at radius 3 is 2.80 bits per heavy atom. The summed E-state index contributed by atoms with van der Waals surface area (Å²) in [6, 6.07) is 0. The summed E-state index contributed by atoms with van der Waals surface area (Å²) in [4.78, 5) is 7.27. The zero-order chi connectivity index (χ0) is 10.9. The smallest absolute Gasteiger partial charge is 0.162 e. The molecule has 0 aromatic carbocycles. The van der Waals surface area contributed by atoms with Crippen LogP contribution < -0.4 is 0 Å². The molecule has 2 N–H and O–H groups in total. The number of aromatic nitrogens is 2. The Labute approximate surface area is 95.7 Å². The maximum Gasteiger partial charge on any atom is 0.162 e. The van der Waals surface area contributed by atoms with E-state index in [1.807, 2.05) is 13.1 Å². The summed E-state index contributed by atoms with van der Waals surface area (Å²) in [7, 11) is 0. The third-order valence-corrected chi connectivity index (χ3v) is 3.53. The number of thiol groups is 1. The van der Waals surface area contributed by atoms with E-state index >= 15 is 0 Å². The fourth-order valence-electron chi connectivity index (χ4n) is 2.25. The van der Waals surface area contributed by atoms with Crippen LogP contribution in [0.3, 0.4) is 0 Å². The highest BCUT2D eigenvalue weighted by Gasteiger charge is 2.28. The number of nitrogens with zero attached hydrogens (tertiary/aromatic N) is 1. The van der Waals surface area contributed by atoms with Crippen molar-refractivity contribution < 1.29 is 5.11 Å². The van der Waals surface area contributed by atoms with Crippen LogP contribution >= 0.6 is 12.6 Å². The highest BCUT2D eigenvalue weighted by atomic mass is 32.1. The second kappa shape index (κ2) is 4.18. The van der Waals surface area contributed by atoms with Gasteiger partial charge in [0.2, 0.25) is 0 Å². The Bertz CT molecular complexity index is 325. The molecule has 84 valence electrons. The molecule has 1 aliphatic carbocycles. The molecule has 0 bridgehead atoms. The van der Waals surface area contributed by atoms with Crippen LogP contribution in [0.5, 0.6) is 0 Å². The minimum atomic E-state index is -0.434. The van der Waals surface area contributed by atoms with E-state index in [2.05, 4.69) is 22.6 Å². The topological polar surface area (TPSA) is 48.9 Å². The Kier molecular flexibility index (Phi) is 3.07. The quantitative estimate of drug-likeness (QED) is 0.677. The van der Waals surface area contributed by atoms with E-state index in [0.29, 0.717) is 11.1 Å². The molecule has 1 fully saturated rings. The lowest BCUT2D eigenvalue weighted by Gasteiger charge is -2.32. The van der Waals surface area contributed by atoms with E-state index in [4.69, 9.17) is 0 Å². The SMILES string of the molecule is CC1(O)CCC(Cc2c[nH]c(S)n2)CC1. The molecule has 1 aliphatic rings. The minimum absolute atomic E-state index is 0.434. The van der Waals surface area contributed by atoms with Crippen LogP contribution in [0.1, 0.15) is 38.3 Å². The summed E-state index contributed by atoms with van der Waals surface area (Å²) in [6.45, 7) is 1.93. The summed E-state index contributed by atoms with van der Waals surface area (Å²) >= 11 is 4.14. The molecule has 1 saturated carbocycles. The van der Waals surface area contributed by atoms with Gasteiger partial charge in [0.1, 0.15) is 0 Å². The van der Waals surface area contributed by atoms with Crippen molar-refractivity contribution in [3.8, 4) is 0 Å². The van der Waals surface area contributed by atoms with E-state index < -0.39 is 5.60 Å². The lowest BCUT2D eigenvalue weighted by Crippen LogP contribution is -2.30. The summed E-state index contributed by atoms with van der Waals surface area (Å²) in [6.07, 6.45) is 6.96. The van der Waals surface area contributed by atoms with Crippen molar-refractivity contribution in [3.05, 3.63) is 11.9 Å².